The summed E-state index contributed by atoms with van der Waals surface area (Å²) in [6, 6.07) is 11.5. The molecule has 0 aliphatic rings. The summed E-state index contributed by atoms with van der Waals surface area (Å²) in [5.41, 5.74) is 3.44. The second-order valence-corrected chi connectivity index (χ2v) is 6.90. The molecular formula is C18H21N7OS. The molecule has 0 atom stereocenters. The van der Waals surface area contributed by atoms with Gasteiger partial charge in [-0.2, -0.15) is 0 Å². The highest BCUT2D eigenvalue weighted by Gasteiger charge is 2.12. The maximum absolute atomic E-state index is 12.5. The first-order valence-corrected chi connectivity index (χ1v) is 9.50. The van der Waals surface area contributed by atoms with E-state index in [4.69, 9.17) is 0 Å². The lowest BCUT2D eigenvalue weighted by molar-refractivity contribution is 0.0955. The van der Waals surface area contributed by atoms with Crippen LogP contribution in [0, 0.1) is 6.92 Å². The van der Waals surface area contributed by atoms with E-state index in [1.54, 1.807) is 17.9 Å². The Morgan fingerprint density at radius 2 is 2.11 bits per heavy atom. The van der Waals surface area contributed by atoms with Crippen molar-refractivity contribution in [1.82, 2.24) is 30.5 Å². The molecule has 9 heteroatoms. The Balaban J connectivity index is 1.54. The molecular weight excluding hydrogens is 362 g/mol. The third-order valence-electron chi connectivity index (χ3n) is 3.96. The average Bonchev–Trinajstić information content (AvgIpc) is 3.10. The van der Waals surface area contributed by atoms with Gasteiger partial charge >= 0.3 is 0 Å². The standard InChI is InChI=1S/C18H21N7OS/c1-13-15(17(26)20-10-11-27-18-22-23-24-25(18)2)7-5-8-16(13)21-12-14-6-3-4-9-19-14/h3-9,21H,10-12H2,1-2H3,(H,20,26). The van der Waals surface area contributed by atoms with E-state index in [2.05, 4.69) is 31.1 Å². The molecule has 8 nitrogen and oxygen atoms in total. The minimum Gasteiger partial charge on any atom is -0.379 e. The lowest BCUT2D eigenvalue weighted by atomic mass is 10.1. The van der Waals surface area contributed by atoms with E-state index in [9.17, 15) is 4.79 Å². The second-order valence-electron chi connectivity index (χ2n) is 5.84. The SMILES string of the molecule is Cc1c(NCc2ccccn2)cccc1C(=O)NCCSc1nnnn1C. The highest BCUT2D eigenvalue weighted by Crippen LogP contribution is 2.19. The van der Waals surface area contributed by atoms with Crippen LogP contribution in [0.3, 0.4) is 0 Å². The van der Waals surface area contributed by atoms with Gasteiger partial charge in [0, 0.05) is 36.8 Å². The van der Waals surface area contributed by atoms with Gasteiger partial charge in [-0.05, 0) is 47.2 Å². The van der Waals surface area contributed by atoms with Crippen molar-refractivity contribution in [2.45, 2.75) is 18.6 Å². The molecule has 0 saturated carbocycles. The highest BCUT2D eigenvalue weighted by atomic mass is 32.2. The maximum Gasteiger partial charge on any atom is 0.251 e. The number of amides is 1. The summed E-state index contributed by atoms with van der Waals surface area (Å²) in [7, 11) is 1.79. The van der Waals surface area contributed by atoms with Crippen LogP contribution in [0.2, 0.25) is 0 Å². The molecule has 0 bridgehead atoms. The topological polar surface area (TPSA) is 97.6 Å². The van der Waals surface area contributed by atoms with Crippen molar-refractivity contribution in [3.8, 4) is 0 Å². The highest BCUT2D eigenvalue weighted by molar-refractivity contribution is 7.99. The summed E-state index contributed by atoms with van der Waals surface area (Å²) in [6.45, 7) is 3.08. The smallest absolute Gasteiger partial charge is 0.251 e. The molecule has 140 valence electrons. The summed E-state index contributed by atoms with van der Waals surface area (Å²) >= 11 is 1.50. The Bertz CT molecular complexity index is 898. The Morgan fingerprint density at radius 3 is 2.85 bits per heavy atom. The van der Waals surface area contributed by atoms with Crippen molar-refractivity contribution in [3.63, 3.8) is 0 Å². The number of pyridine rings is 1. The van der Waals surface area contributed by atoms with Crippen LogP contribution in [0.1, 0.15) is 21.6 Å². The number of benzene rings is 1. The molecule has 0 unspecified atom stereocenters. The molecule has 0 fully saturated rings. The van der Waals surface area contributed by atoms with E-state index >= 15 is 0 Å². The molecule has 0 radical (unpaired) electrons. The molecule has 3 aromatic rings. The van der Waals surface area contributed by atoms with E-state index in [1.807, 2.05) is 43.3 Å². The average molecular weight is 383 g/mol. The first-order chi connectivity index (χ1) is 13.1. The van der Waals surface area contributed by atoms with E-state index in [0.29, 0.717) is 24.4 Å². The number of carbonyl (C=O) groups excluding carboxylic acids is 1. The van der Waals surface area contributed by atoms with Gasteiger partial charge in [0.25, 0.3) is 5.91 Å². The van der Waals surface area contributed by atoms with Crippen LogP contribution in [0.5, 0.6) is 0 Å². The molecule has 0 aliphatic heterocycles. The van der Waals surface area contributed by atoms with Crippen LogP contribution in [0.25, 0.3) is 0 Å². The number of nitrogens with one attached hydrogen (secondary N) is 2. The minimum absolute atomic E-state index is 0.0920. The number of carbonyl (C=O) groups is 1. The molecule has 2 N–H and O–H groups in total. The third-order valence-corrected chi connectivity index (χ3v) is 4.98. The number of rotatable bonds is 8. The second kappa shape index (κ2) is 9.13. The van der Waals surface area contributed by atoms with Gasteiger partial charge in [0.1, 0.15) is 0 Å². The van der Waals surface area contributed by atoms with Crippen LogP contribution in [-0.4, -0.2) is 43.4 Å². The number of aryl methyl sites for hydroxylation is 1. The van der Waals surface area contributed by atoms with Crippen LogP contribution in [-0.2, 0) is 13.6 Å². The largest absolute Gasteiger partial charge is 0.379 e. The van der Waals surface area contributed by atoms with Gasteiger partial charge < -0.3 is 10.6 Å². The fourth-order valence-electron chi connectivity index (χ4n) is 2.51. The van der Waals surface area contributed by atoms with E-state index in [0.717, 1.165) is 22.1 Å². The van der Waals surface area contributed by atoms with Crippen molar-refractivity contribution in [2.24, 2.45) is 7.05 Å². The zero-order valence-electron chi connectivity index (χ0n) is 15.2. The van der Waals surface area contributed by atoms with Crippen molar-refractivity contribution >= 4 is 23.4 Å². The molecule has 2 heterocycles. The lowest BCUT2D eigenvalue weighted by Crippen LogP contribution is -2.26. The number of anilines is 1. The van der Waals surface area contributed by atoms with Gasteiger partial charge in [-0.3, -0.25) is 9.78 Å². The Hall–Kier alpha value is -2.94. The summed E-state index contributed by atoms with van der Waals surface area (Å²) in [5.74, 6) is 0.599. The van der Waals surface area contributed by atoms with Gasteiger partial charge in [0.05, 0.1) is 12.2 Å². The van der Waals surface area contributed by atoms with Gasteiger partial charge in [-0.15, -0.1) is 5.10 Å². The molecule has 1 aromatic carbocycles. The lowest BCUT2D eigenvalue weighted by Gasteiger charge is -2.13. The number of thioether (sulfide) groups is 1. The van der Waals surface area contributed by atoms with Crippen LogP contribution in [0.15, 0.2) is 47.8 Å². The molecule has 0 aliphatic carbocycles. The molecule has 1 amide bonds. The quantitative estimate of drug-likeness (QED) is 0.454. The van der Waals surface area contributed by atoms with Crippen molar-refractivity contribution < 1.29 is 4.79 Å². The molecule has 27 heavy (non-hydrogen) atoms. The molecule has 3 rings (SSSR count). The first-order valence-electron chi connectivity index (χ1n) is 8.52. The summed E-state index contributed by atoms with van der Waals surface area (Å²) in [6.07, 6.45) is 1.77. The molecule has 0 spiro atoms. The van der Waals surface area contributed by atoms with Gasteiger partial charge in [0.15, 0.2) is 0 Å². The van der Waals surface area contributed by atoms with Crippen molar-refractivity contribution in [3.05, 3.63) is 59.4 Å². The van der Waals surface area contributed by atoms with Crippen molar-refractivity contribution in [1.29, 1.82) is 0 Å². The predicted octanol–water partition coefficient (Wildman–Crippen LogP) is 2.05. The fourth-order valence-corrected chi connectivity index (χ4v) is 3.21. The van der Waals surface area contributed by atoms with Crippen LogP contribution in [0.4, 0.5) is 5.69 Å². The van der Waals surface area contributed by atoms with Crippen molar-refractivity contribution in [2.75, 3.05) is 17.6 Å². The fraction of sp³-hybridized carbons (Fsp3) is 0.278. The number of hydrogen-bond donors (Lipinski definition) is 2. The van der Waals surface area contributed by atoms with Gasteiger partial charge in [-0.25, -0.2) is 4.68 Å². The number of hydrogen-bond acceptors (Lipinski definition) is 7. The number of nitrogens with zero attached hydrogens (tertiary/aromatic N) is 5. The van der Waals surface area contributed by atoms with Crippen LogP contribution < -0.4 is 10.6 Å². The summed E-state index contributed by atoms with van der Waals surface area (Å²) < 4.78 is 1.60. The van der Waals surface area contributed by atoms with E-state index in [-0.39, 0.29) is 5.91 Å². The minimum atomic E-state index is -0.0920. The summed E-state index contributed by atoms with van der Waals surface area (Å²) in [4.78, 5) is 16.8. The molecule has 2 aromatic heterocycles. The Morgan fingerprint density at radius 1 is 1.22 bits per heavy atom. The molecule has 0 saturated heterocycles. The maximum atomic E-state index is 12.5. The zero-order valence-corrected chi connectivity index (χ0v) is 16.0. The first kappa shape index (κ1) is 18.8. The zero-order chi connectivity index (χ0) is 19.1. The Kier molecular flexibility index (Phi) is 6.37. The Labute approximate surface area is 161 Å². The monoisotopic (exact) mass is 383 g/mol. The van der Waals surface area contributed by atoms with E-state index < -0.39 is 0 Å². The van der Waals surface area contributed by atoms with Gasteiger partial charge in [0.2, 0.25) is 5.16 Å². The normalized spacial score (nSPS) is 10.6. The summed E-state index contributed by atoms with van der Waals surface area (Å²) in [5, 5.41) is 18.3. The number of aromatic nitrogens is 5. The van der Waals surface area contributed by atoms with E-state index in [1.165, 1.54) is 11.8 Å². The third kappa shape index (κ3) is 5.04. The van der Waals surface area contributed by atoms with Gasteiger partial charge in [-0.1, -0.05) is 23.9 Å². The number of tetrazole rings is 1. The van der Waals surface area contributed by atoms with Crippen LogP contribution >= 0.6 is 11.8 Å². The predicted molar refractivity (Wildman–Crippen MR) is 105 cm³/mol.